The Balaban J connectivity index is 2.91. The smallest absolute Gasteiger partial charge is 0.126 e. The van der Waals surface area contributed by atoms with Crippen molar-refractivity contribution in [1.29, 1.82) is 0 Å². The molecule has 0 heterocycles. The van der Waals surface area contributed by atoms with Gasteiger partial charge in [-0.15, -0.1) is 0 Å². The number of hydrogen-bond acceptors (Lipinski definition) is 1. The highest BCUT2D eigenvalue weighted by Crippen LogP contribution is 2.18. The first-order valence-electron chi connectivity index (χ1n) is 4.86. The van der Waals surface area contributed by atoms with E-state index < -0.39 is 11.6 Å². The van der Waals surface area contributed by atoms with Gasteiger partial charge in [0, 0.05) is 12.1 Å². The number of hydrogen-bond donors (Lipinski definition) is 1. The summed E-state index contributed by atoms with van der Waals surface area (Å²) in [7, 11) is 0. The van der Waals surface area contributed by atoms with E-state index in [1.165, 1.54) is 12.1 Å². The van der Waals surface area contributed by atoms with Gasteiger partial charge in [-0.1, -0.05) is 13.8 Å². The van der Waals surface area contributed by atoms with Gasteiger partial charge in [-0.25, -0.2) is 8.78 Å². The summed E-state index contributed by atoms with van der Waals surface area (Å²) in [5.41, 5.74) is 0.673. The molecule has 1 aromatic carbocycles. The molecule has 3 heteroatoms. The van der Waals surface area contributed by atoms with Crippen molar-refractivity contribution in [2.24, 2.45) is 0 Å². The molecule has 1 N–H and O–H groups in total. The van der Waals surface area contributed by atoms with Gasteiger partial charge in [0.2, 0.25) is 0 Å². The van der Waals surface area contributed by atoms with Crippen molar-refractivity contribution in [3.8, 4) is 0 Å². The van der Waals surface area contributed by atoms with Crippen LogP contribution in [-0.4, -0.2) is 6.54 Å². The zero-order valence-electron chi connectivity index (χ0n) is 8.48. The molecule has 0 radical (unpaired) electrons. The van der Waals surface area contributed by atoms with Crippen LogP contribution in [0.2, 0.25) is 0 Å². The number of nitrogens with one attached hydrogen (secondary N) is 1. The van der Waals surface area contributed by atoms with Gasteiger partial charge in [0.05, 0.1) is 0 Å². The first-order valence-corrected chi connectivity index (χ1v) is 4.86. The van der Waals surface area contributed by atoms with Crippen LogP contribution >= 0.6 is 0 Å². The van der Waals surface area contributed by atoms with Crippen molar-refractivity contribution < 1.29 is 8.78 Å². The van der Waals surface area contributed by atoms with Crippen molar-refractivity contribution in [3.05, 3.63) is 35.4 Å². The fourth-order valence-electron chi connectivity index (χ4n) is 1.52. The Labute approximate surface area is 83.1 Å². The van der Waals surface area contributed by atoms with Crippen LogP contribution < -0.4 is 5.32 Å². The fraction of sp³-hybridized carbons (Fsp3) is 0.455. The first kappa shape index (κ1) is 11.1. The van der Waals surface area contributed by atoms with Crippen molar-refractivity contribution in [2.75, 3.05) is 6.54 Å². The lowest BCUT2D eigenvalue weighted by molar-refractivity contribution is 0.520. The molecule has 1 atom stereocenters. The molecule has 1 rings (SSSR count). The first-order chi connectivity index (χ1) is 6.67. The highest BCUT2D eigenvalue weighted by atomic mass is 19.1. The molecule has 0 aliphatic carbocycles. The minimum atomic E-state index is -0.517. The Morgan fingerprint density at radius 1 is 1.14 bits per heavy atom. The fourth-order valence-corrected chi connectivity index (χ4v) is 1.52. The molecule has 0 bridgehead atoms. The molecule has 0 saturated carbocycles. The molecule has 78 valence electrons. The summed E-state index contributed by atoms with van der Waals surface area (Å²) in [6.45, 7) is 4.74. The second kappa shape index (κ2) is 5.05. The molecule has 0 spiro atoms. The third kappa shape index (κ3) is 2.77. The minimum absolute atomic E-state index is 0.0326. The molecule has 1 nitrogen and oxygen atoms in total. The molecular formula is C11H15F2N. The molecule has 1 aromatic rings. The molecular weight excluding hydrogens is 184 g/mol. The minimum Gasteiger partial charge on any atom is -0.310 e. The summed E-state index contributed by atoms with van der Waals surface area (Å²) in [4.78, 5) is 0. The van der Waals surface area contributed by atoms with Crippen LogP contribution in [-0.2, 0) is 0 Å². The quantitative estimate of drug-likeness (QED) is 0.786. The van der Waals surface area contributed by atoms with Gasteiger partial charge in [0.1, 0.15) is 11.6 Å². The maximum Gasteiger partial charge on any atom is 0.126 e. The second-order valence-electron chi connectivity index (χ2n) is 3.22. The zero-order valence-corrected chi connectivity index (χ0v) is 8.48. The highest BCUT2D eigenvalue weighted by molar-refractivity contribution is 5.21. The average Bonchev–Trinajstić information content (AvgIpc) is 2.12. The van der Waals surface area contributed by atoms with Gasteiger partial charge in [0.25, 0.3) is 0 Å². The Bertz CT molecular complexity index is 279. The van der Waals surface area contributed by atoms with Crippen molar-refractivity contribution in [2.45, 2.75) is 26.3 Å². The number of halogens is 2. The van der Waals surface area contributed by atoms with E-state index in [9.17, 15) is 8.78 Å². The van der Waals surface area contributed by atoms with E-state index in [-0.39, 0.29) is 6.04 Å². The molecule has 0 saturated heterocycles. The van der Waals surface area contributed by atoms with Gasteiger partial charge < -0.3 is 5.32 Å². The molecule has 0 amide bonds. The monoisotopic (exact) mass is 199 g/mol. The van der Waals surface area contributed by atoms with E-state index in [2.05, 4.69) is 5.32 Å². The maximum atomic E-state index is 12.9. The Hall–Kier alpha value is -0.960. The van der Waals surface area contributed by atoms with E-state index in [4.69, 9.17) is 0 Å². The van der Waals surface area contributed by atoms with Crippen LogP contribution in [0.3, 0.4) is 0 Å². The van der Waals surface area contributed by atoms with Gasteiger partial charge in [0.15, 0.2) is 0 Å². The lowest BCUT2D eigenvalue weighted by Crippen LogP contribution is -2.20. The molecule has 0 aliphatic rings. The topological polar surface area (TPSA) is 12.0 Å². The summed E-state index contributed by atoms with van der Waals surface area (Å²) >= 11 is 0. The Kier molecular flexibility index (Phi) is 4.01. The Morgan fingerprint density at radius 2 is 1.71 bits per heavy atom. The third-order valence-corrected chi connectivity index (χ3v) is 2.15. The Morgan fingerprint density at radius 3 is 2.14 bits per heavy atom. The van der Waals surface area contributed by atoms with E-state index in [1.54, 1.807) is 0 Å². The normalized spacial score (nSPS) is 12.9. The molecule has 14 heavy (non-hydrogen) atoms. The van der Waals surface area contributed by atoms with Crippen molar-refractivity contribution >= 4 is 0 Å². The summed E-state index contributed by atoms with van der Waals surface area (Å²) in [5, 5.41) is 3.17. The standard InChI is InChI=1S/C11H15F2N/c1-3-11(14-4-2)8-5-9(12)7-10(13)6-8/h5-7,11,14H,3-4H2,1-2H3. The van der Waals surface area contributed by atoms with Gasteiger partial charge in [-0.05, 0) is 30.7 Å². The van der Waals surface area contributed by atoms with E-state index in [0.29, 0.717) is 5.56 Å². The number of rotatable bonds is 4. The molecule has 1 unspecified atom stereocenters. The van der Waals surface area contributed by atoms with Crippen LogP contribution in [0, 0.1) is 11.6 Å². The summed E-state index contributed by atoms with van der Waals surface area (Å²) in [6.07, 6.45) is 0.816. The van der Waals surface area contributed by atoms with Crippen LogP contribution in [0.15, 0.2) is 18.2 Å². The van der Waals surface area contributed by atoms with E-state index in [1.807, 2.05) is 13.8 Å². The third-order valence-electron chi connectivity index (χ3n) is 2.15. The molecule has 0 aromatic heterocycles. The van der Waals surface area contributed by atoms with E-state index >= 15 is 0 Å². The van der Waals surface area contributed by atoms with Gasteiger partial charge in [-0.3, -0.25) is 0 Å². The maximum absolute atomic E-state index is 12.9. The highest BCUT2D eigenvalue weighted by Gasteiger charge is 2.09. The summed E-state index contributed by atoms with van der Waals surface area (Å²) in [5.74, 6) is -1.03. The van der Waals surface area contributed by atoms with E-state index in [0.717, 1.165) is 19.0 Å². The zero-order chi connectivity index (χ0) is 10.6. The number of benzene rings is 1. The SMILES string of the molecule is CCNC(CC)c1cc(F)cc(F)c1. The predicted octanol–water partition coefficient (Wildman–Crippen LogP) is 3.03. The molecule has 0 fully saturated rings. The summed E-state index contributed by atoms with van der Waals surface area (Å²) in [6, 6.07) is 3.67. The largest absolute Gasteiger partial charge is 0.310 e. The lowest BCUT2D eigenvalue weighted by Gasteiger charge is -2.16. The van der Waals surface area contributed by atoms with Gasteiger partial charge in [-0.2, -0.15) is 0 Å². The lowest BCUT2D eigenvalue weighted by atomic mass is 10.0. The summed E-state index contributed by atoms with van der Waals surface area (Å²) < 4.78 is 25.8. The second-order valence-corrected chi connectivity index (χ2v) is 3.22. The van der Waals surface area contributed by atoms with Gasteiger partial charge >= 0.3 is 0 Å². The van der Waals surface area contributed by atoms with Crippen LogP contribution in [0.4, 0.5) is 8.78 Å². The molecule has 0 aliphatic heterocycles. The van der Waals surface area contributed by atoms with Crippen molar-refractivity contribution in [1.82, 2.24) is 5.32 Å². The van der Waals surface area contributed by atoms with Crippen LogP contribution in [0.5, 0.6) is 0 Å². The van der Waals surface area contributed by atoms with Crippen molar-refractivity contribution in [3.63, 3.8) is 0 Å². The van der Waals surface area contributed by atoms with Crippen LogP contribution in [0.1, 0.15) is 31.9 Å². The average molecular weight is 199 g/mol. The predicted molar refractivity (Wildman–Crippen MR) is 53.1 cm³/mol. The van der Waals surface area contributed by atoms with Crippen LogP contribution in [0.25, 0.3) is 0 Å².